The molecule has 1 amide bonds. The van der Waals surface area contributed by atoms with Crippen LogP contribution in [-0.4, -0.2) is 54.3 Å². The van der Waals surface area contributed by atoms with Crippen molar-refractivity contribution >= 4 is 50.1 Å². The molecule has 2 N–H and O–H groups in total. The molecule has 13 heteroatoms. The molecule has 210 valence electrons. The summed E-state index contributed by atoms with van der Waals surface area (Å²) in [5, 5.41) is 6.28. The summed E-state index contributed by atoms with van der Waals surface area (Å²) in [5.41, 5.74) is 1.21. The minimum atomic E-state index is -4.51. The number of aryl methyl sites for hydroxylation is 1. The van der Waals surface area contributed by atoms with Crippen LogP contribution in [0.25, 0.3) is 0 Å². The highest BCUT2D eigenvalue weighted by molar-refractivity contribution is 7.59. The lowest BCUT2D eigenvalue weighted by Gasteiger charge is -2.39. The molecule has 0 aromatic carbocycles. The number of methoxy groups -OCH3 is 1. The lowest BCUT2D eigenvalue weighted by molar-refractivity contribution is -0.141. The van der Waals surface area contributed by atoms with Gasteiger partial charge in [-0.1, -0.05) is 14.9 Å². The minimum Gasteiger partial charge on any atom is -0.490 e. The van der Waals surface area contributed by atoms with Crippen LogP contribution in [0.3, 0.4) is 0 Å². The number of hydrogen-bond acceptors (Lipinski definition) is 7. The van der Waals surface area contributed by atoms with Gasteiger partial charge in [0.15, 0.2) is 0 Å². The van der Waals surface area contributed by atoms with Crippen molar-refractivity contribution in [1.29, 1.82) is 0 Å². The molecule has 37 heavy (non-hydrogen) atoms. The zero-order valence-corrected chi connectivity index (χ0v) is 21.7. The maximum Gasteiger partial charge on any atom is 0.433 e. The van der Waals surface area contributed by atoms with Gasteiger partial charge in [0, 0.05) is 51.4 Å². The number of nitrogens with zero attached hydrogens (tertiary/aromatic N) is 3. The number of hydrogen-bond donors (Lipinski definition) is 2. The number of likely N-dealkylation sites (N-methyl/N-ethyl adjacent to an activating group) is 1. The second-order valence-corrected chi connectivity index (χ2v) is 8.40. The van der Waals surface area contributed by atoms with Gasteiger partial charge in [0.25, 0.3) is 0 Å². The predicted molar refractivity (Wildman–Crippen MR) is 151 cm³/mol. The minimum absolute atomic E-state index is 0. The van der Waals surface area contributed by atoms with E-state index in [1.165, 1.54) is 6.07 Å². The van der Waals surface area contributed by atoms with Crippen LogP contribution in [0.1, 0.15) is 46.0 Å². The van der Waals surface area contributed by atoms with Crippen molar-refractivity contribution < 1.29 is 27.4 Å². The number of carbonyl (C=O) groups excluding carboxylic acids is 1. The second kappa shape index (κ2) is 13.4. The molecule has 8 nitrogen and oxygen atoms in total. The first-order valence-electron chi connectivity index (χ1n) is 10.6. The molecule has 0 unspecified atom stereocenters. The normalized spacial score (nSPS) is 20.8. The van der Waals surface area contributed by atoms with Gasteiger partial charge >= 0.3 is 6.18 Å². The maximum absolute atomic E-state index is 12.8. The summed E-state index contributed by atoms with van der Waals surface area (Å²) in [6.45, 7) is 3.67. The van der Waals surface area contributed by atoms with E-state index in [2.05, 4.69) is 20.6 Å². The van der Waals surface area contributed by atoms with Crippen molar-refractivity contribution in [3.8, 4) is 5.75 Å². The summed E-state index contributed by atoms with van der Waals surface area (Å²) < 4.78 is 49.5. The summed E-state index contributed by atoms with van der Waals surface area (Å²) in [6.07, 6.45) is -2.66. The number of carbonyl (C=O) groups is 1. The molecule has 2 aromatic heterocycles. The molecule has 0 saturated heterocycles. The van der Waals surface area contributed by atoms with Crippen LogP contribution in [-0.2, 0) is 15.7 Å². The van der Waals surface area contributed by atoms with E-state index >= 15 is 0 Å². The Morgan fingerprint density at radius 2 is 1.86 bits per heavy atom. The van der Waals surface area contributed by atoms with Crippen molar-refractivity contribution in [2.24, 2.45) is 0 Å². The first kappa shape index (κ1) is 34.6. The van der Waals surface area contributed by atoms with E-state index in [9.17, 15) is 18.0 Å². The maximum atomic E-state index is 12.8. The predicted octanol–water partition coefficient (Wildman–Crippen LogP) is 5.12. The third-order valence-electron chi connectivity index (χ3n) is 6.08. The largest absolute Gasteiger partial charge is 0.490 e. The van der Waals surface area contributed by atoms with Crippen molar-refractivity contribution in [3.05, 3.63) is 35.8 Å². The van der Waals surface area contributed by atoms with E-state index < -0.39 is 17.9 Å². The third-order valence-corrected chi connectivity index (χ3v) is 6.08. The molecule has 1 aliphatic heterocycles. The summed E-state index contributed by atoms with van der Waals surface area (Å²) in [5.74, 6) is 0.665. The smallest absolute Gasteiger partial charge is 0.433 e. The second-order valence-electron chi connectivity index (χ2n) is 8.40. The Balaban J connectivity index is 0.00000324. The molecule has 1 saturated carbocycles. The number of anilines is 3. The molecule has 3 heterocycles. The zero-order valence-electron chi connectivity index (χ0n) is 19.7. The topological polar surface area (TPSA) is 88.6 Å². The fourth-order valence-electron chi connectivity index (χ4n) is 4.16. The fraction of sp³-hybridized carbons (Fsp3) is 0.542. The van der Waals surface area contributed by atoms with Gasteiger partial charge in [-0.2, -0.15) is 40.2 Å². The Morgan fingerprint density at radius 3 is 2.46 bits per heavy atom. The van der Waals surface area contributed by atoms with Gasteiger partial charge in [0.05, 0.1) is 23.2 Å². The first-order valence-corrected chi connectivity index (χ1v) is 10.6. The molecule has 2 aromatic rings. The quantitative estimate of drug-likeness (QED) is 0.503. The Hall–Kier alpha value is -2.38. The van der Waals surface area contributed by atoms with Gasteiger partial charge < -0.3 is 25.0 Å². The summed E-state index contributed by atoms with van der Waals surface area (Å²) in [6, 6.07) is 3.81. The van der Waals surface area contributed by atoms with Gasteiger partial charge in [-0.15, -0.1) is 0 Å². The highest BCUT2D eigenvalue weighted by Gasteiger charge is 2.37. The van der Waals surface area contributed by atoms with Crippen LogP contribution in [0.5, 0.6) is 5.75 Å². The summed E-state index contributed by atoms with van der Waals surface area (Å²) in [4.78, 5) is 22.3. The van der Waals surface area contributed by atoms with E-state index in [-0.39, 0.29) is 71.8 Å². The summed E-state index contributed by atoms with van der Waals surface area (Å²) in [7, 11) is 3.41. The standard InChI is InChI=1S/C22H26F3N5O3.2CH4.2H2S/c1-11-19-16(30(3)20(12(2)32-4)21(31)29-19)10-18(27-11)28-13-7-15(8-13)33-14-5-6-26-17(9-14)22(23,24)25;;;;/h5-6,9-10,12-13,15,20H,7-8H2,1-4H3,(H,27,28)(H,29,31);2*1H4;2*1H2/t12-,13?,15?,20-;;;;/m0..../s1. The van der Waals surface area contributed by atoms with Gasteiger partial charge in [-0.25, -0.2) is 4.98 Å². The van der Waals surface area contributed by atoms with Crippen molar-refractivity contribution in [3.63, 3.8) is 0 Å². The lowest BCUT2D eigenvalue weighted by Crippen LogP contribution is -2.52. The average Bonchev–Trinajstić information content (AvgIpc) is 2.72. The highest BCUT2D eigenvalue weighted by Crippen LogP contribution is 2.37. The number of alkyl halides is 3. The molecule has 4 rings (SSSR count). The average molecular weight is 566 g/mol. The number of rotatable bonds is 6. The number of nitrogens with one attached hydrogen (secondary N) is 2. The Morgan fingerprint density at radius 1 is 1.22 bits per heavy atom. The monoisotopic (exact) mass is 565 g/mol. The van der Waals surface area contributed by atoms with Crippen LogP contribution in [0, 0.1) is 6.92 Å². The van der Waals surface area contributed by atoms with Crippen LogP contribution < -0.4 is 20.3 Å². The van der Waals surface area contributed by atoms with E-state index in [4.69, 9.17) is 9.47 Å². The molecule has 2 aliphatic rings. The van der Waals surface area contributed by atoms with Gasteiger partial charge in [-0.3, -0.25) is 9.78 Å². The van der Waals surface area contributed by atoms with Crippen LogP contribution in [0.4, 0.5) is 30.4 Å². The third kappa shape index (κ3) is 7.35. The molecular weight excluding hydrogens is 527 g/mol. The number of pyridine rings is 2. The first-order chi connectivity index (χ1) is 15.6. The SMILES string of the molecule is C.C.CO[C@@H](C)[C@H]1C(=O)Nc2c(cc(NC3CC(Oc4ccnc(C(F)(F)F)c4)C3)nc2C)N1C.S.S. The zero-order chi connectivity index (χ0) is 23.9. The van der Waals surface area contributed by atoms with Gasteiger partial charge in [-0.05, 0) is 19.9 Å². The lowest BCUT2D eigenvalue weighted by atomic mass is 9.89. The van der Waals surface area contributed by atoms with Gasteiger partial charge in [0.1, 0.15) is 29.4 Å². The van der Waals surface area contributed by atoms with Crippen molar-refractivity contribution in [2.75, 3.05) is 29.7 Å². The van der Waals surface area contributed by atoms with E-state index in [0.717, 1.165) is 18.0 Å². The van der Waals surface area contributed by atoms with Gasteiger partial charge in [0.2, 0.25) is 5.91 Å². The molecular formula is C24H38F3N5O3S2. The van der Waals surface area contributed by atoms with Crippen LogP contribution in [0.2, 0.25) is 0 Å². The highest BCUT2D eigenvalue weighted by atomic mass is 32.1. The number of amides is 1. The Kier molecular flexibility index (Phi) is 12.6. The summed E-state index contributed by atoms with van der Waals surface area (Å²) >= 11 is 0. The Bertz CT molecular complexity index is 1050. The molecule has 0 bridgehead atoms. The van der Waals surface area contributed by atoms with E-state index in [1.807, 2.05) is 31.9 Å². The number of ether oxygens (including phenoxy) is 2. The molecule has 1 fully saturated rings. The number of aromatic nitrogens is 2. The number of fused-ring (bicyclic) bond motifs is 1. The van der Waals surface area contributed by atoms with Crippen molar-refractivity contribution in [1.82, 2.24) is 9.97 Å². The number of halogens is 3. The molecule has 1 aliphatic carbocycles. The van der Waals surface area contributed by atoms with Crippen LogP contribution in [0.15, 0.2) is 24.4 Å². The fourth-order valence-corrected chi connectivity index (χ4v) is 4.16. The molecule has 0 radical (unpaired) electrons. The van der Waals surface area contributed by atoms with Crippen LogP contribution >= 0.6 is 27.0 Å². The van der Waals surface area contributed by atoms with E-state index in [1.54, 1.807) is 7.11 Å². The van der Waals surface area contributed by atoms with E-state index in [0.29, 0.717) is 30.0 Å². The Labute approximate surface area is 230 Å². The molecule has 0 spiro atoms. The van der Waals surface area contributed by atoms with Crippen molar-refractivity contribution in [2.45, 2.75) is 72.0 Å². The molecule has 2 atom stereocenters.